The molecule has 11 heteroatoms. The van der Waals surface area contributed by atoms with Crippen molar-refractivity contribution >= 4 is 17.9 Å². The Labute approximate surface area is 168 Å². The van der Waals surface area contributed by atoms with Crippen LogP contribution in [0, 0.1) is 0 Å². The van der Waals surface area contributed by atoms with Crippen molar-refractivity contribution < 1.29 is 27.8 Å². The molecule has 2 aliphatic heterocycles. The number of carbonyl (C=O) groups is 2. The van der Waals surface area contributed by atoms with Gasteiger partial charge in [-0.1, -0.05) is 6.07 Å². The van der Waals surface area contributed by atoms with E-state index in [9.17, 15) is 23.2 Å². The van der Waals surface area contributed by atoms with E-state index >= 15 is 0 Å². The number of piperazine rings is 1. The molecule has 4 rings (SSSR count). The highest BCUT2D eigenvalue weighted by Crippen LogP contribution is 2.41. The summed E-state index contributed by atoms with van der Waals surface area (Å²) in [6.07, 6.45) is 1.65. The van der Waals surface area contributed by atoms with Gasteiger partial charge in [-0.25, -0.2) is 9.78 Å². The van der Waals surface area contributed by atoms with Crippen LogP contribution in [0.3, 0.4) is 0 Å². The quantitative estimate of drug-likeness (QED) is 0.749. The minimum Gasteiger partial charge on any atom is -0.395 e. The summed E-state index contributed by atoms with van der Waals surface area (Å²) in [4.78, 5) is 44.8. The molecule has 2 aliphatic rings. The number of amides is 2. The van der Waals surface area contributed by atoms with Gasteiger partial charge in [0.15, 0.2) is 11.5 Å². The van der Waals surface area contributed by atoms with Crippen molar-refractivity contribution in [1.29, 1.82) is 0 Å². The first-order valence-electron chi connectivity index (χ1n) is 9.02. The lowest BCUT2D eigenvalue weighted by Gasteiger charge is -2.34. The van der Waals surface area contributed by atoms with E-state index in [-0.39, 0.29) is 28.9 Å². The lowest BCUT2D eigenvalue weighted by atomic mass is 10.2. The second kappa shape index (κ2) is 7.58. The number of nitrogens with zero attached hydrogens (tertiary/aromatic N) is 3. The molecule has 1 aromatic carbocycles. The number of benzene rings is 1. The fraction of sp³-hybridized carbons (Fsp3) is 0.263. The third-order valence-corrected chi connectivity index (χ3v) is 4.64. The van der Waals surface area contributed by atoms with Crippen molar-refractivity contribution in [3.05, 3.63) is 58.3 Å². The standard InChI is InChI=1S/C19H16F2N4O5/c20-19(21)29-14-3-1-12(9-15(14)30-19)2-4-16(26)24-5-7-25(8-6-24)17(27)13-10-22-18(28)23-11-13/h1-4,9-11H,5-8H2,(H,22,23,28)/b4-2+. The summed E-state index contributed by atoms with van der Waals surface area (Å²) >= 11 is 0. The van der Waals surface area contributed by atoms with Crippen LogP contribution in [0.1, 0.15) is 15.9 Å². The van der Waals surface area contributed by atoms with Gasteiger partial charge in [0.1, 0.15) is 0 Å². The van der Waals surface area contributed by atoms with Crippen molar-refractivity contribution in [2.45, 2.75) is 6.29 Å². The fourth-order valence-corrected chi connectivity index (χ4v) is 3.11. The average molecular weight is 418 g/mol. The largest absolute Gasteiger partial charge is 0.586 e. The summed E-state index contributed by atoms with van der Waals surface area (Å²) < 4.78 is 34.9. The Bertz CT molecular complexity index is 1060. The number of fused-ring (bicyclic) bond motifs is 1. The molecule has 0 spiro atoms. The molecule has 156 valence electrons. The number of aromatic amines is 1. The van der Waals surface area contributed by atoms with Gasteiger partial charge in [0.05, 0.1) is 5.56 Å². The minimum absolute atomic E-state index is 0.0676. The van der Waals surface area contributed by atoms with Crippen LogP contribution in [-0.4, -0.2) is 64.1 Å². The number of halogens is 2. The summed E-state index contributed by atoms with van der Waals surface area (Å²) in [6.45, 7) is 1.32. The summed E-state index contributed by atoms with van der Waals surface area (Å²) in [7, 11) is 0. The maximum absolute atomic E-state index is 13.1. The Morgan fingerprint density at radius 3 is 2.50 bits per heavy atom. The summed E-state index contributed by atoms with van der Waals surface area (Å²) in [5, 5.41) is 0. The zero-order valence-electron chi connectivity index (χ0n) is 15.5. The van der Waals surface area contributed by atoms with Crippen molar-refractivity contribution in [2.24, 2.45) is 0 Å². The van der Waals surface area contributed by atoms with Crippen LogP contribution in [0.2, 0.25) is 0 Å². The average Bonchev–Trinajstić information content (AvgIpc) is 3.05. The molecule has 0 saturated carbocycles. The lowest BCUT2D eigenvalue weighted by molar-refractivity contribution is -0.286. The second-order valence-corrected chi connectivity index (χ2v) is 6.63. The maximum Gasteiger partial charge on any atom is 0.586 e. The smallest absolute Gasteiger partial charge is 0.395 e. The van der Waals surface area contributed by atoms with E-state index in [0.29, 0.717) is 31.7 Å². The van der Waals surface area contributed by atoms with Gasteiger partial charge in [-0.15, -0.1) is 8.78 Å². The molecule has 0 bridgehead atoms. The zero-order chi connectivity index (χ0) is 21.3. The molecule has 1 aromatic heterocycles. The van der Waals surface area contributed by atoms with Crippen LogP contribution in [0.5, 0.6) is 11.5 Å². The molecule has 1 saturated heterocycles. The van der Waals surface area contributed by atoms with Crippen molar-refractivity contribution in [1.82, 2.24) is 19.8 Å². The van der Waals surface area contributed by atoms with Crippen LogP contribution in [-0.2, 0) is 4.79 Å². The Balaban J connectivity index is 1.33. The highest BCUT2D eigenvalue weighted by atomic mass is 19.3. The van der Waals surface area contributed by atoms with Crippen LogP contribution in [0.25, 0.3) is 6.08 Å². The molecule has 0 aliphatic carbocycles. The number of aromatic nitrogens is 2. The fourth-order valence-electron chi connectivity index (χ4n) is 3.11. The summed E-state index contributed by atoms with van der Waals surface area (Å²) in [5.74, 6) is -0.713. The van der Waals surface area contributed by atoms with E-state index in [4.69, 9.17) is 0 Å². The van der Waals surface area contributed by atoms with Crippen molar-refractivity contribution in [2.75, 3.05) is 26.2 Å². The molecule has 2 amide bonds. The first-order chi connectivity index (χ1) is 14.3. The van der Waals surface area contributed by atoms with E-state index in [2.05, 4.69) is 19.4 Å². The molecular weight excluding hydrogens is 402 g/mol. The predicted molar refractivity (Wildman–Crippen MR) is 99.0 cm³/mol. The summed E-state index contributed by atoms with van der Waals surface area (Å²) in [6, 6.07) is 4.23. The number of ether oxygens (including phenoxy) is 2. The van der Waals surface area contributed by atoms with E-state index in [1.54, 1.807) is 9.80 Å². The van der Waals surface area contributed by atoms with Gasteiger partial charge >= 0.3 is 12.0 Å². The molecular formula is C19H16F2N4O5. The Kier molecular flexibility index (Phi) is 4.94. The van der Waals surface area contributed by atoms with E-state index in [1.165, 1.54) is 42.7 Å². The molecule has 1 fully saturated rings. The van der Waals surface area contributed by atoms with Crippen LogP contribution in [0.15, 0.2) is 41.5 Å². The van der Waals surface area contributed by atoms with Gasteiger partial charge in [-0.05, 0) is 23.8 Å². The van der Waals surface area contributed by atoms with Crippen molar-refractivity contribution in [3.63, 3.8) is 0 Å². The van der Waals surface area contributed by atoms with Gasteiger partial charge in [-0.3, -0.25) is 9.59 Å². The zero-order valence-corrected chi connectivity index (χ0v) is 15.5. The molecule has 30 heavy (non-hydrogen) atoms. The molecule has 3 heterocycles. The monoisotopic (exact) mass is 418 g/mol. The molecule has 0 atom stereocenters. The van der Waals surface area contributed by atoms with Gasteiger partial charge in [0, 0.05) is 44.6 Å². The first kappa shape index (κ1) is 19.6. The van der Waals surface area contributed by atoms with Gasteiger partial charge in [0.25, 0.3) is 5.91 Å². The number of carbonyl (C=O) groups excluding carboxylic acids is 2. The highest BCUT2D eigenvalue weighted by molar-refractivity contribution is 5.94. The Hall–Kier alpha value is -3.76. The number of H-pyrrole nitrogens is 1. The number of hydrogen-bond donors (Lipinski definition) is 1. The number of rotatable bonds is 3. The van der Waals surface area contributed by atoms with E-state index in [1.807, 2.05) is 0 Å². The lowest BCUT2D eigenvalue weighted by Crippen LogP contribution is -2.50. The number of hydrogen-bond acceptors (Lipinski definition) is 6. The van der Waals surface area contributed by atoms with Crippen LogP contribution < -0.4 is 15.2 Å². The minimum atomic E-state index is -3.69. The Morgan fingerprint density at radius 1 is 1.10 bits per heavy atom. The maximum atomic E-state index is 13.1. The SMILES string of the molecule is O=C(/C=C/c1ccc2c(c1)OC(F)(F)O2)N1CCN(C(=O)c2cnc(=O)[nH]c2)CC1. The van der Waals surface area contributed by atoms with E-state index < -0.39 is 12.0 Å². The normalized spacial score (nSPS) is 17.4. The number of nitrogens with one attached hydrogen (secondary N) is 1. The summed E-state index contributed by atoms with van der Waals surface area (Å²) in [5.41, 5.74) is 0.232. The van der Waals surface area contributed by atoms with Crippen molar-refractivity contribution in [3.8, 4) is 11.5 Å². The molecule has 9 nitrogen and oxygen atoms in total. The third-order valence-electron chi connectivity index (χ3n) is 4.64. The predicted octanol–water partition coefficient (Wildman–Crippen LogP) is 1.09. The van der Waals surface area contributed by atoms with Gasteiger partial charge in [0.2, 0.25) is 5.91 Å². The van der Waals surface area contributed by atoms with Gasteiger partial charge in [-0.2, -0.15) is 0 Å². The second-order valence-electron chi connectivity index (χ2n) is 6.63. The van der Waals surface area contributed by atoms with Crippen LogP contribution in [0.4, 0.5) is 8.78 Å². The van der Waals surface area contributed by atoms with E-state index in [0.717, 1.165) is 0 Å². The topological polar surface area (TPSA) is 105 Å². The molecule has 2 aromatic rings. The third kappa shape index (κ3) is 4.14. The molecule has 1 N–H and O–H groups in total. The Morgan fingerprint density at radius 2 is 1.80 bits per heavy atom. The number of alkyl halides is 2. The molecule has 0 unspecified atom stereocenters. The molecule has 0 radical (unpaired) electrons. The van der Waals surface area contributed by atoms with Crippen LogP contribution >= 0.6 is 0 Å². The first-order valence-corrected chi connectivity index (χ1v) is 9.02. The highest BCUT2D eigenvalue weighted by Gasteiger charge is 2.43. The van der Waals surface area contributed by atoms with Gasteiger partial charge < -0.3 is 24.3 Å².